The highest BCUT2D eigenvalue weighted by Gasteiger charge is 2.30. The van der Waals surface area contributed by atoms with Gasteiger partial charge in [0.1, 0.15) is 6.61 Å². The average molecular weight is 233 g/mol. The number of rotatable bonds is 4. The van der Waals surface area contributed by atoms with Crippen molar-refractivity contribution >= 4 is 0 Å². The van der Waals surface area contributed by atoms with Crippen molar-refractivity contribution in [3.8, 4) is 0 Å². The van der Waals surface area contributed by atoms with Crippen LogP contribution >= 0.6 is 0 Å². The first-order chi connectivity index (χ1) is 7.40. The fourth-order valence-corrected chi connectivity index (χ4v) is 1.38. The number of halogens is 3. The molecule has 0 saturated heterocycles. The van der Waals surface area contributed by atoms with Crippen LogP contribution in [0, 0.1) is 0 Å². The van der Waals surface area contributed by atoms with Crippen LogP contribution in [0.15, 0.2) is 30.3 Å². The van der Waals surface area contributed by atoms with Gasteiger partial charge in [-0.1, -0.05) is 30.3 Å². The van der Waals surface area contributed by atoms with Crippen molar-refractivity contribution in [1.29, 1.82) is 0 Å². The van der Waals surface area contributed by atoms with E-state index in [1.165, 1.54) is 0 Å². The van der Waals surface area contributed by atoms with Crippen LogP contribution in [0.25, 0.3) is 0 Å². The van der Waals surface area contributed by atoms with E-state index < -0.39 is 24.9 Å². The van der Waals surface area contributed by atoms with Crippen LogP contribution in [0.4, 0.5) is 13.2 Å². The van der Waals surface area contributed by atoms with E-state index in [1.54, 1.807) is 37.3 Å². The van der Waals surface area contributed by atoms with Gasteiger partial charge in [0, 0.05) is 6.04 Å². The lowest BCUT2D eigenvalue weighted by Gasteiger charge is -2.22. The summed E-state index contributed by atoms with van der Waals surface area (Å²) in [6.07, 6.45) is -5.06. The Morgan fingerprint density at radius 1 is 1.25 bits per heavy atom. The van der Waals surface area contributed by atoms with Gasteiger partial charge in [0.05, 0.1) is 6.10 Å². The zero-order chi connectivity index (χ0) is 12.2. The molecule has 2 unspecified atom stereocenters. The summed E-state index contributed by atoms with van der Waals surface area (Å²) < 4.78 is 40.9. The third-order valence-corrected chi connectivity index (χ3v) is 2.03. The summed E-state index contributed by atoms with van der Waals surface area (Å²) in [5.41, 5.74) is 6.26. The molecule has 0 heterocycles. The molecule has 0 saturated carbocycles. The summed E-state index contributed by atoms with van der Waals surface area (Å²) in [6.45, 7) is 0.335. The number of hydrogen-bond acceptors (Lipinski definition) is 2. The molecule has 1 aromatic carbocycles. The molecular weight excluding hydrogens is 219 g/mol. The van der Waals surface area contributed by atoms with Crippen LogP contribution in [0.2, 0.25) is 0 Å². The molecule has 0 spiro atoms. The summed E-state index contributed by atoms with van der Waals surface area (Å²) in [7, 11) is 0. The van der Waals surface area contributed by atoms with Crippen molar-refractivity contribution < 1.29 is 17.9 Å². The standard InChI is InChI=1S/C11H14F3NO/c1-8(15)10(16-7-11(12,13)14)9-5-3-2-4-6-9/h2-6,8,10H,7,15H2,1H3. The summed E-state index contributed by atoms with van der Waals surface area (Å²) in [4.78, 5) is 0. The maximum atomic E-state index is 12.0. The van der Waals surface area contributed by atoms with Gasteiger partial charge in [-0.25, -0.2) is 0 Å². The Hall–Kier alpha value is -1.07. The van der Waals surface area contributed by atoms with Gasteiger partial charge in [0.15, 0.2) is 0 Å². The minimum Gasteiger partial charge on any atom is -0.362 e. The lowest BCUT2D eigenvalue weighted by molar-refractivity contribution is -0.187. The van der Waals surface area contributed by atoms with Crippen molar-refractivity contribution in [2.24, 2.45) is 5.73 Å². The average Bonchev–Trinajstić information content (AvgIpc) is 2.17. The highest BCUT2D eigenvalue weighted by atomic mass is 19.4. The fraction of sp³-hybridized carbons (Fsp3) is 0.455. The molecule has 0 aliphatic rings. The van der Waals surface area contributed by atoms with E-state index in [-0.39, 0.29) is 0 Å². The molecule has 2 atom stereocenters. The van der Waals surface area contributed by atoms with Gasteiger partial charge in [0.25, 0.3) is 0 Å². The van der Waals surface area contributed by atoms with Crippen LogP contribution in [0.1, 0.15) is 18.6 Å². The van der Waals surface area contributed by atoms with Gasteiger partial charge in [-0.05, 0) is 12.5 Å². The SMILES string of the molecule is CC(N)C(OCC(F)(F)F)c1ccccc1. The van der Waals surface area contributed by atoms with Crippen molar-refractivity contribution in [3.63, 3.8) is 0 Å². The van der Waals surface area contributed by atoms with Gasteiger partial charge in [-0.3, -0.25) is 0 Å². The summed E-state index contributed by atoms with van der Waals surface area (Å²) in [5, 5.41) is 0. The zero-order valence-corrected chi connectivity index (χ0v) is 8.87. The molecule has 90 valence electrons. The minimum atomic E-state index is -4.33. The third kappa shape index (κ3) is 4.20. The smallest absolute Gasteiger partial charge is 0.362 e. The molecule has 0 radical (unpaired) electrons. The Morgan fingerprint density at radius 2 is 1.81 bits per heavy atom. The second-order valence-electron chi connectivity index (χ2n) is 3.62. The van der Waals surface area contributed by atoms with Crippen molar-refractivity contribution in [1.82, 2.24) is 0 Å². The van der Waals surface area contributed by atoms with Gasteiger partial charge >= 0.3 is 6.18 Å². The van der Waals surface area contributed by atoms with Gasteiger partial charge in [-0.2, -0.15) is 13.2 Å². The molecule has 16 heavy (non-hydrogen) atoms. The number of ether oxygens (including phenoxy) is 1. The second-order valence-corrected chi connectivity index (χ2v) is 3.62. The van der Waals surface area contributed by atoms with E-state index in [0.717, 1.165) is 0 Å². The first-order valence-electron chi connectivity index (χ1n) is 4.89. The summed E-state index contributed by atoms with van der Waals surface area (Å²) >= 11 is 0. The lowest BCUT2D eigenvalue weighted by atomic mass is 10.0. The maximum absolute atomic E-state index is 12.0. The Balaban J connectivity index is 2.70. The molecule has 0 aromatic heterocycles. The monoisotopic (exact) mass is 233 g/mol. The molecule has 0 aliphatic carbocycles. The molecule has 2 nitrogen and oxygen atoms in total. The molecule has 0 fully saturated rings. The van der Waals surface area contributed by atoms with Crippen LogP contribution in [-0.2, 0) is 4.74 Å². The Kier molecular flexibility index (Phi) is 4.32. The predicted octanol–water partition coefficient (Wildman–Crippen LogP) is 2.65. The van der Waals surface area contributed by atoms with Gasteiger partial charge < -0.3 is 10.5 Å². The van der Waals surface area contributed by atoms with Crippen molar-refractivity contribution in [2.45, 2.75) is 25.2 Å². The zero-order valence-electron chi connectivity index (χ0n) is 8.87. The maximum Gasteiger partial charge on any atom is 0.411 e. The van der Waals surface area contributed by atoms with Crippen LogP contribution in [0.5, 0.6) is 0 Å². The number of alkyl halides is 3. The van der Waals surface area contributed by atoms with Crippen LogP contribution in [-0.4, -0.2) is 18.8 Å². The topological polar surface area (TPSA) is 35.2 Å². The van der Waals surface area contributed by atoms with Crippen molar-refractivity contribution in [3.05, 3.63) is 35.9 Å². The highest BCUT2D eigenvalue weighted by Crippen LogP contribution is 2.24. The van der Waals surface area contributed by atoms with Crippen LogP contribution < -0.4 is 5.73 Å². The fourth-order valence-electron chi connectivity index (χ4n) is 1.38. The van der Waals surface area contributed by atoms with Gasteiger partial charge in [-0.15, -0.1) is 0 Å². The lowest BCUT2D eigenvalue weighted by Crippen LogP contribution is -2.30. The minimum absolute atomic E-state index is 0.496. The van der Waals surface area contributed by atoms with E-state index in [2.05, 4.69) is 0 Å². The summed E-state index contributed by atoms with van der Waals surface area (Å²) in [6, 6.07) is 8.16. The normalized spacial score (nSPS) is 15.8. The Bertz CT molecular complexity index is 311. The van der Waals surface area contributed by atoms with E-state index in [9.17, 15) is 13.2 Å². The molecule has 0 amide bonds. The molecule has 0 bridgehead atoms. The quantitative estimate of drug-likeness (QED) is 0.867. The first-order valence-corrected chi connectivity index (χ1v) is 4.89. The molecule has 0 aliphatic heterocycles. The van der Waals surface area contributed by atoms with E-state index in [4.69, 9.17) is 10.5 Å². The largest absolute Gasteiger partial charge is 0.411 e. The van der Waals surface area contributed by atoms with E-state index >= 15 is 0 Å². The predicted molar refractivity (Wildman–Crippen MR) is 54.8 cm³/mol. The third-order valence-electron chi connectivity index (χ3n) is 2.03. The summed E-state index contributed by atoms with van der Waals surface area (Å²) in [5.74, 6) is 0. The molecule has 5 heteroatoms. The van der Waals surface area contributed by atoms with E-state index in [1.807, 2.05) is 0 Å². The number of nitrogens with two attached hydrogens (primary N) is 1. The molecule has 2 N–H and O–H groups in total. The Labute approximate surface area is 92.2 Å². The van der Waals surface area contributed by atoms with E-state index in [0.29, 0.717) is 5.56 Å². The highest BCUT2D eigenvalue weighted by molar-refractivity contribution is 5.18. The molecular formula is C11H14F3NO. The molecule has 1 aromatic rings. The number of hydrogen-bond donors (Lipinski definition) is 1. The molecule has 1 rings (SSSR count). The first kappa shape index (κ1) is 13.0. The number of benzene rings is 1. The second kappa shape index (κ2) is 5.32. The Morgan fingerprint density at radius 3 is 2.25 bits per heavy atom. The van der Waals surface area contributed by atoms with Crippen molar-refractivity contribution in [2.75, 3.05) is 6.61 Å². The van der Waals surface area contributed by atoms with Crippen LogP contribution in [0.3, 0.4) is 0 Å². The van der Waals surface area contributed by atoms with Gasteiger partial charge in [0.2, 0.25) is 0 Å².